The molecule has 0 fully saturated rings. The Kier molecular flexibility index (Phi) is 4.69. The topological polar surface area (TPSA) is 61.2 Å². The molecule has 0 bridgehead atoms. The van der Waals surface area contributed by atoms with Gasteiger partial charge < -0.3 is 14.8 Å². The first-order valence-corrected chi connectivity index (χ1v) is 11.2. The van der Waals surface area contributed by atoms with Gasteiger partial charge in [0.05, 0.1) is 17.3 Å². The van der Waals surface area contributed by atoms with Gasteiger partial charge in [-0.1, -0.05) is 30.3 Å². The molecule has 4 aromatic rings. The molecule has 3 heterocycles. The van der Waals surface area contributed by atoms with Crippen LogP contribution in [-0.4, -0.2) is 21.9 Å². The summed E-state index contributed by atoms with van der Waals surface area (Å²) in [6, 6.07) is 20.0. The Hall–Kier alpha value is -3.65. The molecule has 0 saturated heterocycles. The predicted molar refractivity (Wildman–Crippen MR) is 126 cm³/mol. The average molecular weight is 505 g/mol. The molecule has 2 aliphatic rings. The van der Waals surface area contributed by atoms with E-state index in [9.17, 15) is 4.39 Å². The van der Waals surface area contributed by atoms with Crippen molar-refractivity contribution in [2.24, 2.45) is 0 Å². The van der Waals surface area contributed by atoms with Crippen LogP contribution in [0.1, 0.15) is 28.8 Å². The number of nitrogens with one attached hydrogen (secondary N) is 1. The van der Waals surface area contributed by atoms with Crippen molar-refractivity contribution in [2.75, 3.05) is 12.4 Å². The van der Waals surface area contributed by atoms with Gasteiger partial charge >= 0.3 is 0 Å². The minimum absolute atomic E-state index is 0.290. The molecule has 6 rings (SSSR count). The van der Waals surface area contributed by atoms with Crippen LogP contribution in [0.2, 0.25) is 0 Å². The number of hydrogen-bond donors (Lipinski definition) is 1. The molecule has 6 nitrogen and oxygen atoms in total. The zero-order valence-electron chi connectivity index (χ0n) is 17.5. The first kappa shape index (κ1) is 20.0. The van der Waals surface area contributed by atoms with Crippen molar-refractivity contribution in [3.05, 3.63) is 106 Å². The van der Waals surface area contributed by atoms with E-state index in [0.29, 0.717) is 5.95 Å². The normalized spacial score (nSPS) is 18.5. The van der Waals surface area contributed by atoms with Gasteiger partial charge in [-0.25, -0.2) is 9.07 Å². The molecular formula is C25H18BrFN4O2. The minimum atomic E-state index is -0.419. The Bertz CT molecular complexity index is 1400. The third-order valence-corrected chi connectivity index (χ3v) is 6.61. The molecule has 0 radical (unpaired) electrons. The second-order valence-corrected chi connectivity index (χ2v) is 8.68. The lowest BCUT2D eigenvalue weighted by atomic mass is 9.84. The van der Waals surface area contributed by atoms with Crippen LogP contribution in [0.3, 0.4) is 0 Å². The zero-order chi connectivity index (χ0) is 22.5. The van der Waals surface area contributed by atoms with Crippen LogP contribution in [0.25, 0.3) is 5.70 Å². The van der Waals surface area contributed by atoms with Crippen LogP contribution in [0.4, 0.5) is 10.3 Å². The molecular weight excluding hydrogens is 487 g/mol. The van der Waals surface area contributed by atoms with Gasteiger partial charge in [-0.3, -0.25) is 0 Å². The Morgan fingerprint density at radius 2 is 1.85 bits per heavy atom. The standard InChI is InChI=1S/C25H18BrFN4O2/c1-32-20-11-8-15(12-18(20)26)24-21-22(17-4-2-3-5-19(17)33-24)30-25-28-13-29-31(25)23(21)14-6-9-16(27)10-7-14/h2-13,23-24H,1H3,(H,28,29,30)/t23-,24+/m0/s1. The fourth-order valence-electron chi connectivity index (χ4n) is 4.50. The fourth-order valence-corrected chi connectivity index (χ4v) is 5.06. The lowest BCUT2D eigenvalue weighted by molar-refractivity contribution is 0.223. The number of methoxy groups -OCH3 is 1. The van der Waals surface area contributed by atoms with Crippen molar-refractivity contribution >= 4 is 27.6 Å². The van der Waals surface area contributed by atoms with Crippen LogP contribution in [0, 0.1) is 5.82 Å². The van der Waals surface area contributed by atoms with Crippen LogP contribution in [0.15, 0.2) is 83.1 Å². The van der Waals surface area contributed by atoms with Gasteiger partial charge in [0.1, 0.15) is 35.8 Å². The van der Waals surface area contributed by atoms with Gasteiger partial charge in [0.15, 0.2) is 0 Å². The van der Waals surface area contributed by atoms with E-state index in [1.54, 1.807) is 19.2 Å². The first-order chi connectivity index (χ1) is 16.1. The van der Waals surface area contributed by atoms with E-state index in [1.807, 2.05) is 47.1 Å². The van der Waals surface area contributed by atoms with Crippen molar-refractivity contribution in [1.82, 2.24) is 14.8 Å². The van der Waals surface area contributed by atoms with Crippen molar-refractivity contribution in [3.8, 4) is 11.5 Å². The van der Waals surface area contributed by atoms with E-state index in [1.165, 1.54) is 18.5 Å². The summed E-state index contributed by atoms with van der Waals surface area (Å²) in [6.07, 6.45) is 1.10. The highest BCUT2D eigenvalue weighted by Gasteiger charge is 2.41. The van der Waals surface area contributed by atoms with Gasteiger partial charge in [0.25, 0.3) is 0 Å². The summed E-state index contributed by atoms with van der Waals surface area (Å²) in [6.45, 7) is 0. The molecule has 1 N–H and O–H groups in total. The lowest BCUT2D eigenvalue weighted by Gasteiger charge is -2.39. The number of nitrogens with zero attached hydrogens (tertiary/aromatic N) is 3. The zero-order valence-corrected chi connectivity index (χ0v) is 19.1. The van der Waals surface area contributed by atoms with Crippen molar-refractivity contribution in [3.63, 3.8) is 0 Å². The molecule has 33 heavy (non-hydrogen) atoms. The van der Waals surface area contributed by atoms with Crippen molar-refractivity contribution in [1.29, 1.82) is 0 Å². The Morgan fingerprint density at radius 3 is 2.64 bits per heavy atom. The van der Waals surface area contributed by atoms with Gasteiger partial charge in [-0.05, 0) is 63.5 Å². The third kappa shape index (κ3) is 3.21. The molecule has 0 spiro atoms. The lowest BCUT2D eigenvalue weighted by Crippen LogP contribution is -2.32. The van der Waals surface area contributed by atoms with Crippen molar-refractivity contribution in [2.45, 2.75) is 12.1 Å². The van der Waals surface area contributed by atoms with Gasteiger partial charge in [0, 0.05) is 11.1 Å². The molecule has 2 atom stereocenters. The third-order valence-electron chi connectivity index (χ3n) is 5.99. The number of hydrogen-bond acceptors (Lipinski definition) is 5. The maximum atomic E-state index is 13.8. The van der Waals surface area contributed by atoms with E-state index in [0.717, 1.165) is 43.9 Å². The maximum Gasteiger partial charge on any atom is 0.226 e. The number of halogens is 2. The number of fused-ring (bicyclic) bond motifs is 3. The molecule has 0 unspecified atom stereocenters. The van der Waals surface area contributed by atoms with E-state index < -0.39 is 6.10 Å². The number of aromatic nitrogens is 3. The molecule has 0 saturated carbocycles. The first-order valence-electron chi connectivity index (χ1n) is 10.4. The minimum Gasteiger partial charge on any atom is -0.496 e. The van der Waals surface area contributed by atoms with Gasteiger partial charge in [-0.2, -0.15) is 10.1 Å². The molecule has 2 aliphatic heterocycles. The molecule has 164 valence electrons. The van der Waals surface area contributed by atoms with Crippen LogP contribution in [0.5, 0.6) is 11.5 Å². The van der Waals surface area contributed by atoms with E-state index in [2.05, 4.69) is 31.3 Å². The second kappa shape index (κ2) is 7.74. The molecule has 0 amide bonds. The smallest absolute Gasteiger partial charge is 0.226 e. The molecule has 1 aromatic heterocycles. The monoisotopic (exact) mass is 504 g/mol. The van der Waals surface area contributed by atoms with E-state index in [-0.39, 0.29) is 11.9 Å². The van der Waals surface area contributed by atoms with Crippen molar-refractivity contribution < 1.29 is 13.9 Å². The summed E-state index contributed by atoms with van der Waals surface area (Å²) in [5, 5.41) is 7.95. The van der Waals surface area contributed by atoms with Gasteiger partial charge in [0.2, 0.25) is 5.95 Å². The molecule has 3 aromatic carbocycles. The van der Waals surface area contributed by atoms with Crippen LogP contribution in [-0.2, 0) is 0 Å². The maximum absolute atomic E-state index is 13.8. The Balaban J connectivity index is 1.61. The summed E-state index contributed by atoms with van der Waals surface area (Å²) in [7, 11) is 1.63. The average Bonchev–Trinajstić information content (AvgIpc) is 3.31. The highest BCUT2D eigenvalue weighted by atomic mass is 79.9. The molecule has 0 aliphatic carbocycles. The SMILES string of the molecule is COc1ccc([C@H]2Oc3ccccc3C3=C2[C@H](c2ccc(F)cc2)n2ncnc2N3)cc1Br. The van der Waals surface area contributed by atoms with E-state index >= 15 is 0 Å². The number of benzene rings is 3. The largest absolute Gasteiger partial charge is 0.496 e. The predicted octanol–water partition coefficient (Wildman–Crippen LogP) is 5.75. The number of ether oxygens (including phenoxy) is 2. The summed E-state index contributed by atoms with van der Waals surface area (Å²) in [5.74, 6) is 1.84. The van der Waals surface area contributed by atoms with Gasteiger partial charge in [-0.15, -0.1) is 0 Å². The second-order valence-electron chi connectivity index (χ2n) is 7.83. The van der Waals surface area contributed by atoms with Crippen LogP contribution >= 0.6 is 15.9 Å². The Labute approximate surface area is 197 Å². The number of rotatable bonds is 3. The fraction of sp³-hybridized carbons (Fsp3) is 0.120. The summed E-state index contributed by atoms with van der Waals surface area (Å²) in [5.41, 5.74) is 4.66. The summed E-state index contributed by atoms with van der Waals surface area (Å²) < 4.78 is 28.4. The quantitative estimate of drug-likeness (QED) is 0.385. The Morgan fingerprint density at radius 1 is 1.06 bits per heavy atom. The van der Waals surface area contributed by atoms with Crippen LogP contribution < -0.4 is 14.8 Å². The highest BCUT2D eigenvalue weighted by Crippen LogP contribution is 2.51. The number of anilines is 1. The molecule has 8 heteroatoms. The number of para-hydroxylation sites is 1. The summed E-state index contributed by atoms with van der Waals surface area (Å²) >= 11 is 3.60. The summed E-state index contributed by atoms with van der Waals surface area (Å²) in [4.78, 5) is 4.42. The highest BCUT2D eigenvalue weighted by molar-refractivity contribution is 9.10. The van der Waals surface area contributed by atoms with E-state index in [4.69, 9.17) is 9.47 Å².